The van der Waals surface area contributed by atoms with Crippen molar-refractivity contribution in [1.82, 2.24) is 5.32 Å². The van der Waals surface area contributed by atoms with Crippen molar-refractivity contribution in [2.45, 2.75) is 18.6 Å². The van der Waals surface area contributed by atoms with Crippen LogP contribution in [0.3, 0.4) is 0 Å². The molecule has 1 N–H and O–H groups in total. The van der Waals surface area contributed by atoms with Gasteiger partial charge in [-0.1, -0.05) is 41.9 Å². The SMILES string of the molecule is O=C(N[C@H](Cc1ccccc1)C(F)(F)F)c1ccc(Cl)cc1. The van der Waals surface area contributed by atoms with Gasteiger partial charge in [0, 0.05) is 17.0 Å². The molecule has 2 aromatic rings. The molecule has 0 spiro atoms. The summed E-state index contributed by atoms with van der Waals surface area (Å²) in [5.41, 5.74) is 0.632. The number of alkyl halides is 3. The van der Waals surface area contributed by atoms with Crippen LogP contribution in [0.5, 0.6) is 0 Å². The van der Waals surface area contributed by atoms with E-state index in [1.54, 1.807) is 30.3 Å². The fourth-order valence-electron chi connectivity index (χ4n) is 1.94. The number of rotatable bonds is 4. The van der Waals surface area contributed by atoms with Gasteiger partial charge in [-0.15, -0.1) is 0 Å². The van der Waals surface area contributed by atoms with E-state index in [4.69, 9.17) is 11.6 Å². The second-order valence-electron chi connectivity index (χ2n) is 4.76. The predicted octanol–water partition coefficient (Wildman–Crippen LogP) is 4.24. The number of benzene rings is 2. The highest BCUT2D eigenvalue weighted by molar-refractivity contribution is 6.30. The molecule has 2 rings (SSSR count). The van der Waals surface area contributed by atoms with Crippen molar-refractivity contribution in [1.29, 1.82) is 0 Å². The molecule has 1 atom stereocenters. The Morgan fingerprint density at radius 2 is 1.64 bits per heavy atom. The lowest BCUT2D eigenvalue weighted by atomic mass is 10.0. The number of nitrogens with one attached hydrogen (secondary N) is 1. The number of carbonyl (C=O) groups excluding carboxylic acids is 1. The normalized spacial score (nSPS) is 12.7. The molecular weight excluding hydrogens is 315 g/mol. The summed E-state index contributed by atoms with van der Waals surface area (Å²) in [5.74, 6) is -0.782. The zero-order valence-corrected chi connectivity index (χ0v) is 12.2. The van der Waals surface area contributed by atoms with Crippen molar-refractivity contribution in [2.75, 3.05) is 0 Å². The molecule has 2 nitrogen and oxygen atoms in total. The molecule has 22 heavy (non-hydrogen) atoms. The molecule has 0 saturated heterocycles. The quantitative estimate of drug-likeness (QED) is 0.894. The van der Waals surface area contributed by atoms with Crippen molar-refractivity contribution in [3.8, 4) is 0 Å². The zero-order valence-electron chi connectivity index (χ0n) is 11.4. The molecule has 0 bridgehead atoms. The minimum Gasteiger partial charge on any atom is -0.340 e. The van der Waals surface area contributed by atoms with Gasteiger partial charge in [-0.05, 0) is 29.8 Å². The van der Waals surface area contributed by atoms with Gasteiger partial charge in [-0.25, -0.2) is 0 Å². The van der Waals surface area contributed by atoms with Gasteiger partial charge in [-0.3, -0.25) is 4.79 Å². The van der Waals surface area contributed by atoms with Gasteiger partial charge in [0.05, 0.1) is 0 Å². The highest BCUT2D eigenvalue weighted by Gasteiger charge is 2.40. The monoisotopic (exact) mass is 327 g/mol. The van der Waals surface area contributed by atoms with Crippen molar-refractivity contribution < 1.29 is 18.0 Å². The Hall–Kier alpha value is -2.01. The van der Waals surface area contributed by atoms with E-state index < -0.39 is 18.1 Å². The second-order valence-corrected chi connectivity index (χ2v) is 5.20. The Labute approximate surface area is 130 Å². The second kappa shape index (κ2) is 6.83. The first-order valence-corrected chi connectivity index (χ1v) is 6.91. The Morgan fingerprint density at radius 1 is 1.05 bits per heavy atom. The fraction of sp³-hybridized carbons (Fsp3) is 0.188. The third kappa shape index (κ3) is 4.49. The Bertz CT molecular complexity index is 626. The summed E-state index contributed by atoms with van der Waals surface area (Å²) < 4.78 is 39.3. The van der Waals surface area contributed by atoms with E-state index in [1.165, 1.54) is 24.3 Å². The maximum Gasteiger partial charge on any atom is 0.408 e. The van der Waals surface area contributed by atoms with E-state index in [9.17, 15) is 18.0 Å². The van der Waals surface area contributed by atoms with Gasteiger partial charge in [0.15, 0.2) is 0 Å². The molecule has 0 aliphatic rings. The molecule has 0 aliphatic heterocycles. The first-order valence-electron chi connectivity index (χ1n) is 6.53. The van der Waals surface area contributed by atoms with Gasteiger partial charge in [-0.2, -0.15) is 13.2 Å². The number of amides is 1. The first kappa shape index (κ1) is 16.4. The average molecular weight is 328 g/mol. The lowest BCUT2D eigenvalue weighted by Crippen LogP contribution is -2.46. The van der Waals surface area contributed by atoms with Crippen LogP contribution >= 0.6 is 11.6 Å². The minimum atomic E-state index is -4.53. The molecule has 0 fully saturated rings. The summed E-state index contributed by atoms with van der Waals surface area (Å²) in [7, 11) is 0. The topological polar surface area (TPSA) is 29.1 Å². The van der Waals surface area contributed by atoms with E-state index in [1.807, 2.05) is 5.32 Å². The number of hydrogen-bond acceptors (Lipinski definition) is 1. The largest absolute Gasteiger partial charge is 0.408 e. The molecule has 2 aromatic carbocycles. The average Bonchev–Trinajstić information content (AvgIpc) is 2.47. The standard InChI is InChI=1S/C16H13ClF3NO/c17-13-8-6-12(7-9-13)15(22)21-14(16(18,19)20)10-11-4-2-1-3-5-11/h1-9,14H,10H2,(H,21,22)/t14-/m1/s1. The van der Waals surface area contributed by atoms with Crippen LogP contribution in [-0.2, 0) is 6.42 Å². The molecule has 0 aliphatic carbocycles. The van der Waals surface area contributed by atoms with Gasteiger partial charge < -0.3 is 5.32 Å². The maximum atomic E-state index is 13.1. The van der Waals surface area contributed by atoms with Crippen molar-refractivity contribution in [2.24, 2.45) is 0 Å². The lowest BCUT2D eigenvalue weighted by Gasteiger charge is -2.22. The fourth-order valence-corrected chi connectivity index (χ4v) is 2.07. The van der Waals surface area contributed by atoms with Gasteiger partial charge in [0.2, 0.25) is 0 Å². The van der Waals surface area contributed by atoms with E-state index in [-0.39, 0.29) is 12.0 Å². The molecule has 0 unspecified atom stereocenters. The van der Waals surface area contributed by atoms with E-state index >= 15 is 0 Å². The molecule has 0 radical (unpaired) electrons. The van der Waals surface area contributed by atoms with Gasteiger partial charge in [0.1, 0.15) is 6.04 Å². The summed E-state index contributed by atoms with van der Waals surface area (Å²) >= 11 is 5.69. The number of hydrogen-bond donors (Lipinski definition) is 1. The van der Waals surface area contributed by atoms with Crippen molar-refractivity contribution >= 4 is 17.5 Å². The van der Waals surface area contributed by atoms with E-state index in [0.717, 1.165) is 0 Å². The summed E-state index contributed by atoms with van der Waals surface area (Å²) in [4.78, 5) is 11.9. The summed E-state index contributed by atoms with van der Waals surface area (Å²) in [6, 6.07) is 11.9. The van der Waals surface area contributed by atoms with E-state index in [2.05, 4.69) is 0 Å². The molecule has 1 amide bonds. The van der Waals surface area contributed by atoms with Crippen molar-refractivity contribution in [3.63, 3.8) is 0 Å². The van der Waals surface area contributed by atoms with Crippen LogP contribution in [0.2, 0.25) is 5.02 Å². The Morgan fingerprint density at radius 3 is 2.18 bits per heavy atom. The van der Waals surface area contributed by atoms with Crippen LogP contribution < -0.4 is 5.32 Å². The zero-order chi connectivity index (χ0) is 16.2. The summed E-state index contributed by atoms with van der Waals surface area (Å²) in [6.07, 6.45) is -4.85. The van der Waals surface area contributed by atoms with Gasteiger partial charge >= 0.3 is 6.18 Å². The summed E-state index contributed by atoms with van der Waals surface area (Å²) in [6.45, 7) is 0. The van der Waals surface area contributed by atoms with Crippen LogP contribution in [-0.4, -0.2) is 18.1 Å². The highest BCUT2D eigenvalue weighted by atomic mass is 35.5. The van der Waals surface area contributed by atoms with Crippen LogP contribution in [0.4, 0.5) is 13.2 Å². The number of halogens is 4. The molecule has 0 heterocycles. The summed E-state index contributed by atoms with van der Waals surface area (Å²) in [5, 5.41) is 2.44. The number of carbonyl (C=O) groups is 1. The maximum absolute atomic E-state index is 13.1. The van der Waals surface area contributed by atoms with E-state index in [0.29, 0.717) is 10.6 Å². The van der Waals surface area contributed by atoms with Crippen LogP contribution in [0.15, 0.2) is 54.6 Å². The first-order chi connectivity index (χ1) is 10.4. The van der Waals surface area contributed by atoms with Gasteiger partial charge in [0.25, 0.3) is 5.91 Å². The molecule has 6 heteroatoms. The lowest BCUT2D eigenvalue weighted by molar-refractivity contribution is -0.153. The highest BCUT2D eigenvalue weighted by Crippen LogP contribution is 2.23. The Kier molecular flexibility index (Phi) is 5.08. The van der Waals surface area contributed by atoms with Crippen LogP contribution in [0, 0.1) is 0 Å². The Balaban J connectivity index is 2.13. The minimum absolute atomic E-state index is 0.131. The molecule has 0 saturated carbocycles. The third-order valence-electron chi connectivity index (χ3n) is 3.09. The third-order valence-corrected chi connectivity index (χ3v) is 3.34. The molecular formula is C16H13ClF3NO. The molecule has 116 valence electrons. The predicted molar refractivity (Wildman–Crippen MR) is 78.9 cm³/mol. The molecule has 0 aromatic heterocycles. The smallest absolute Gasteiger partial charge is 0.340 e. The van der Waals surface area contributed by atoms with Crippen LogP contribution in [0.1, 0.15) is 15.9 Å². The van der Waals surface area contributed by atoms with Crippen molar-refractivity contribution in [3.05, 3.63) is 70.7 Å². The van der Waals surface area contributed by atoms with Crippen LogP contribution in [0.25, 0.3) is 0 Å².